The van der Waals surface area contributed by atoms with Gasteiger partial charge in [0.2, 0.25) is 0 Å². The minimum absolute atomic E-state index is 0.112. The van der Waals surface area contributed by atoms with Gasteiger partial charge in [0.15, 0.2) is 0 Å². The van der Waals surface area contributed by atoms with E-state index in [-0.39, 0.29) is 47.3 Å². The summed E-state index contributed by atoms with van der Waals surface area (Å²) in [6, 6.07) is 25.0. The van der Waals surface area contributed by atoms with Gasteiger partial charge in [0.05, 0.1) is 0 Å². The molecule has 0 aromatic heterocycles. The molecule has 0 aliphatic rings. The van der Waals surface area contributed by atoms with E-state index < -0.39 is 78.2 Å². The molecule has 0 amide bonds. The molecule has 4 atom stereocenters. The molecule has 12 nitrogen and oxygen atoms in total. The van der Waals surface area contributed by atoms with Crippen LogP contribution >= 0.6 is 0 Å². The molecule has 4 unspecified atom stereocenters. The van der Waals surface area contributed by atoms with E-state index in [0.717, 1.165) is 128 Å². The Kier molecular flexibility index (Phi) is 44.2. The third kappa shape index (κ3) is 32.3. The third-order valence-electron chi connectivity index (χ3n) is 20.9. The molecule has 0 spiro atoms. The van der Waals surface area contributed by atoms with Crippen LogP contribution in [0, 0.1) is 23.7 Å². The number of hydrogen-bond donors (Lipinski definition) is 0. The van der Waals surface area contributed by atoms with Gasteiger partial charge < -0.3 is 0 Å². The van der Waals surface area contributed by atoms with E-state index in [2.05, 4.69) is 27.7 Å². The van der Waals surface area contributed by atoms with Gasteiger partial charge in [0.25, 0.3) is 0 Å². The predicted octanol–water partition coefficient (Wildman–Crippen LogP) is 26.1. The number of hydrogen-bond acceptors (Lipinski definition) is 12. The summed E-state index contributed by atoms with van der Waals surface area (Å²) in [6.07, 6.45) is 41.7. The first-order valence-electron chi connectivity index (χ1n) is 40.5. The molecule has 0 saturated carbocycles. The summed E-state index contributed by atoms with van der Waals surface area (Å²) < 4.78 is 155. The van der Waals surface area contributed by atoms with Gasteiger partial charge in [-0.1, -0.05) is 105 Å². The summed E-state index contributed by atoms with van der Waals surface area (Å²) in [7, 11) is -22.1. The molecule has 0 fully saturated rings. The van der Waals surface area contributed by atoms with Crippen molar-refractivity contribution in [2.45, 2.75) is 383 Å². The third-order valence-corrected chi connectivity index (χ3v) is 34.2. The molecule has 4 rings (SSSR count). The number of rotatable bonds is 60. The van der Waals surface area contributed by atoms with Crippen LogP contribution in [0.2, 0.25) is 0 Å². The van der Waals surface area contributed by atoms with Gasteiger partial charge >= 0.3 is 525 Å². The average Bonchev–Trinajstić information content (AvgIpc) is 0.742. The van der Waals surface area contributed by atoms with Crippen molar-refractivity contribution >= 4 is 40.5 Å². The first-order chi connectivity index (χ1) is 48.3. The summed E-state index contributed by atoms with van der Waals surface area (Å²) in [5.74, 6) is -1.96. The van der Waals surface area contributed by atoms with Crippen LogP contribution in [0.25, 0.3) is 0 Å². The zero-order chi connectivity index (χ0) is 74.2. The first kappa shape index (κ1) is 90.6. The van der Waals surface area contributed by atoms with Crippen molar-refractivity contribution in [2.24, 2.45) is 23.7 Å². The van der Waals surface area contributed by atoms with Crippen molar-refractivity contribution in [2.75, 3.05) is 0 Å². The molecule has 4 aromatic rings. The second-order valence-electron chi connectivity index (χ2n) is 30.7. The Hall–Kier alpha value is -2.77. The summed E-state index contributed by atoms with van der Waals surface area (Å²) in [5, 5.41) is 0. The van der Waals surface area contributed by atoms with Crippen LogP contribution in [0.4, 0.5) is 0 Å². The molecule has 17 heteroatoms. The van der Waals surface area contributed by atoms with Crippen LogP contribution < -0.4 is 0 Å². The van der Waals surface area contributed by atoms with Gasteiger partial charge in [0.1, 0.15) is 0 Å². The molecule has 0 heterocycles. The molecular formula is C84H140O12S4Ti. The molecule has 101 heavy (non-hydrogen) atoms. The van der Waals surface area contributed by atoms with Crippen molar-refractivity contribution in [1.29, 1.82) is 0 Å². The Labute approximate surface area is 624 Å². The monoisotopic (exact) mass is 1520 g/mol. The molecule has 0 aliphatic heterocycles. The summed E-state index contributed by atoms with van der Waals surface area (Å²) in [5.41, 5.74) is 1.38. The zero-order valence-corrected chi connectivity index (χ0v) is 70.0. The summed E-state index contributed by atoms with van der Waals surface area (Å²) in [4.78, 5) is -1.62. The minimum atomic E-state index is -7.85. The van der Waals surface area contributed by atoms with Crippen LogP contribution in [0.1, 0.15) is 386 Å². The van der Waals surface area contributed by atoms with Gasteiger partial charge in [0, 0.05) is 0 Å². The standard InChI is InChI=1S/4C21H36O3S.Ti/c4*1-4-5-6-7-8-9-10-11-12-15-19(18(2)3)20-16-13-14-17-21(20)25(22,23)24;/h4*13-14,16-19H,4-12,15H2,1-3H3,(H,22,23,24);/q;;;;+4/p-4. The topological polar surface area (TPSA) is 173 Å². The van der Waals surface area contributed by atoms with Gasteiger partial charge in [-0.3, -0.25) is 0 Å². The van der Waals surface area contributed by atoms with Crippen molar-refractivity contribution in [3.05, 3.63) is 119 Å². The van der Waals surface area contributed by atoms with E-state index in [1.807, 2.05) is 55.4 Å². The first-order valence-corrected chi connectivity index (χ1v) is 48.7. The Morgan fingerprint density at radius 2 is 0.386 bits per heavy atom. The van der Waals surface area contributed by atoms with Crippen molar-refractivity contribution < 1.29 is 62.9 Å². The molecule has 0 bridgehead atoms. The maximum atomic E-state index is 16.2. The predicted molar refractivity (Wildman–Crippen MR) is 417 cm³/mol. The quantitative estimate of drug-likeness (QED) is 0.0303. The molecule has 0 radical (unpaired) electrons. The van der Waals surface area contributed by atoms with Crippen molar-refractivity contribution in [3.63, 3.8) is 0 Å². The molecule has 0 aliphatic carbocycles. The van der Waals surface area contributed by atoms with Crippen molar-refractivity contribution in [3.8, 4) is 0 Å². The molecule has 0 N–H and O–H groups in total. The fraction of sp³-hybridized carbons (Fsp3) is 0.714. The van der Waals surface area contributed by atoms with Gasteiger partial charge in [-0.15, -0.1) is 0 Å². The van der Waals surface area contributed by atoms with Crippen LogP contribution in [0.3, 0.4) is 0 Å². The van der Waals surface area contributed by atoms with E-state index >= 15 is 33.7 Å². The summed E-state index contributed by atoms with van der Waals surface area (Å²) in [6.45, 7) is 24.9. The van der Waals surface area contributed by atoms with E-state index in [0.29, 0.717) is 47.9 Å². The van der Waals surface area contributed by atoms with E-state index in [9.17, 15) is 0 Å². The average molecular weight is 1520 g/mol. The van der Waals surface area contributed by atoms with E-state index in [1.165, 1.54) is 151 Å². The van der Waals surface area contributed by atoms with Gasteiger partial charge in [-0.2, -0.15) is 0 Å². The van der Waals surface area contributed by atoms with E-state index in [1.54, 1.807) is 48.5 Å². The zero-order valence-electron chi connectivity index (χ0n) is 65.2. The van der Waals surface area contributed by atoms with Crippen molar-refractivity contribution in [1.82, 2.24) is 0 Å². The number of unbranched alkanes of at least 4 members (excludes halogenated alkanes) is 32. The Balaban J connectivity index is 2.04. The fourth-order valence-electron chi connectivity index (χ4n) is 14.9. The maximum absolute atomic E-state index is 16.2. The molecule has 576 valence electrons. The van der Waals surface area contributed by atoms with Gasteiger partial charge in [-0.25, -0.2) is 0 Å². The van der Waals surface area contributed by atoms with Crippen LogP contribution in [0.15, 0.2) is 117 Å². The van der Waals surface area contributed by atoms with E-state index in [4.69, 9.17) is 11.1 Å². The normalized spacial score (nSPS) is 14.5. The molecule has 4 aromatic carbocycles. The second-order valence-corrected chi connectivity index (χ2v) is 41.4. The Morgan fingerprint density at radius 3 is 0.545 bits per heavy atom. The number of benzene rings is 4. The second kappa shape index (κ2) is 49.2. The fourth-order valence-corrected chi connectivity index (χ4v) is 29.1. The Morgan fingerprint density at radius 1 is 0.238 bits per heavy atom. The molecular weight excluding hydrogens is 1380 g/mol. The molecule has 0 saturated heterocycles. The van der Waals surface area contributed by atoms with Crippen LogP contribution in [-0.4, -0.2) is 33.7 Å². The van der Waals surface area contributed by atoms with Gasteiger partial charge in [-0.05, 0) is 0 Å². The van der Waals surface area contributed by atoms with Crippen LogP contribution in [-0.2, 0) is 69.7 Å². The summed E-state index contributed by atoms with van der Waals surface area (Å²) >= 11 is -7.85. The Bertz CT molecular complexity index is 2900. The SMILES string of the molecule is CCCCCCCCCCCC(c1ccccc1S(=O)(=O)[O][Ti]([O]S(=O)(=O)c1ccccc1C(CCCCCCCCCCC)C(C)C)([O]S(=O)(=O)c1ccccc1C(CCCCCCCCCCC)C(C)C)[O]S(=O)(=O)c1ccccc1C(CCCCCCCCCCC)C(C)C)C(C)C. The van der Waals surface area contributed by atoms with Crippen LogP contribution in [0.5, 0.6) is 0 Å².